The average molecular weight is 100 g/mol. The number of hydrogen-bond acceptors (Lipinski definition) is 4. The molecule has 0 fully saturated rings. The lowest BCUT2D eigenvalue weighted by atomic mass is 11.2. The predicted molar refractivity (Wildman–Crippen MR) is 20.0 cm³/mol. The van der Waals surface area contributed by atoms with E-state index in [0.717, 1.165) is 0 Å². The summed E-state index contributed by atoms with van der Waals surface area (Å²) in [5, 5.41) is 18.1. The summed E-state index contributed by atoms with van der Waals surface area (Å²) in [6.07, 6.45) is 1.33. The Balaban J connectivity index is 2.76. The second-order valence-electron chi connectivity index (χ2n) is 0.991. The summed E-state index contributed by atoms with van der Waals surface area (Å²) in [4.78, 5) is 0. The van der Waals surface area contributed by atoms with Crippen molar-refractivity contribution in [2.24, 2.45) is 0 Å². The lowest BCUT2D eigenvalue weighted by Gasteiger charge is -1.82. The Labute approximate surface area is 39.6 Å². The highest BCUT2D eigenvalue weighted by atomic mass is 16.3. The molecule has 1 aromatic heterocycles. The Bertz CT molecular complexity index is 124. The second-order valence-corrected chi connectivity index (χ2v) is 0.991. The van der Waals surface area contributed by atoms with Gasteiger partial charge in [0, 0.05) is 0 Å². The van der Waals surface area contributed by atoms with Crippen molar-refractivity contribution < 1.29 is 5.11 Å². The first-order chi connectivity index (χ1) is 3.43. The molecule has 5 heteroatoms. The summed E-state index contributed by atoms with van der Waals surface area (Å²) in [5.41, 5.74) is 0. The highest BCUT2D eigenvalue weighted by molar-refractivity contribution is 4.37. The highest BCUT2D eigenvalue weighted by Crippen LogP contribution is 1.67. The third-order valence-electron chi connectivity index (χ3n) is 0.536. The van der Waals surface area contributed by atoms with Crippen LogP contribution >= 0.6 is 0 Å². The minimum absolute atomic E-state index is 0.160. The van der Waals surface area contributed by atoms with Gasteiger partial charge in [0.2, 0.25) is 0 Å². The number of rotatable bonds is 1. The minimum atomic E-state index is -0.160. The quantitative estimate of drug-likeness (QED) is 0.472. The van der Waals surface area contributed by atoms with Gasteiger partial charge >= 0.3 is 0 Å². The molecule has 0 bridgehead atoms. The van der Waals surface area contributed by atoms with Crippen molar-refractivity contribution in [3.05, 3.63) is 6.33 Å². The number of aromatic nitrogens is 4. The van der Waals surface area contributed by atoms with Crippen LogP contribution in [0.2, 0.25) is 0 Å². The van der Waals surface area contributed by atoms with E-state index in [4.69, 9.17) is 5.11 Å². The molecule has 1 heterocycles. The van der Waals surface area contributed by atoms with E-state index in [0.29, 0.717) is 0 Å². The van der Waals surface area contributed by atoms with E-state index >= 15 is 0 Å². The average Bonchev–Trinajstić information content (AvgIpc) is 2.14. The Morgan fingerprint density at radius 2 is 2.57 bits per heavy atom. The maximum atomic E-state index is 8.25. The van der Waals surface area contributed by atoms with Crippen LogP contribution in [0.4, 0.5) is 0 Å². The van der Waals surface area contributed by atoms with Crippen LogP contribution in [0.25, 0.3) is 0 Å². The van der Waals surface area contributed by atoms with Crippen molar-refractivity contribution in [3.8, 4) is 0 Å². The fourth-order valence-corrected chi connectivity index (χ4v) is 0.245. The van der Waals surface area contributed by atoms with Crippen LogP contribution in [0.15, 0.2) is 6.33 Å². The van der Waals surface area contributed by atoms with E-state index in [1.54, 1.807) is 0 Å². The van der Waals surface area contributed by atoms with Gasteiger partial charge in [0.25, 0.3) is 0 Å². The van der Waals surface area contributed by atoms with E-state index in [1.165, 1.54) is 11.0 Å². The standard InChI is InChI=1S/C2H4N4O/c7-2-6-1-3-4-5-6/h1,7H,2H2. The van der Waals surface area contributed by atoms with Crippen LogP contribution in [-0.2, 0) is 6.73 Å². The van der Waals surface area contributed by atoms with Crippen LogP contribution < -0.4 is 0 Å². The molecule has 0 aliphatic heterocycles. The van der Waals surface area contributed by atoms with E-state index in [1.807, 2.05) is 0 Å². The van der Waals surface area contributed by atoms with E-state index in [9.17, 15) is 0 Å². The first-order valence-corrected chi connectivity index (χ1v) is 1.75. The van der Waals surface area contributed by atoms with Crippen molar-refractivity contribution >= 4 is 0 Å². The molecule has 0 aliphatic carbocycles. The minimum Gasteiger partial charge on any atom is -0.374 e. The fourth-order valence-electron chi connectivity index (χ4n) is 0.245. The van der Waals surface area contributed by atoms with Gasteiger partial charge < -0.3 is 5.11 Å². The van der Waals surface area contributed by atoms with Gasteiger partial charge in [-0.25, -0.2) is 4.68 Å². The Morgan fingerprint density at radius 3 is 2.86 bits per heavy atom. The van der Waals surface area contributed by atoms with E-state index in [2.05, 4.69) is 15.5 Å². The van der Waals surface area contributed by atoms with Gasteiger partial charge in [-0.2, -0.15) is 0 Å². The van der Waals surface area contributed by atoms with Gasteiger partial charge in [-0.05, 0) is 10.4 Å². The summed E-state index contributed by atoms with van der Waals surface area (Å²) in [6.45, 7) is -0.160. The van der Waals surface area contributed by atoms with Crippen molar-refractivity contribution in [2.45, 2.75) is 6.73 Å². The Kier molecular flexibility index (Phi) is 0.991. The maximum absolute atomic E-state index is 8.25. The molecule has 0 saturated heterocycles. The summed E-state index contributed by atoms with van der Waals surface area (Å²) in [7, 11) is 0. The van der Waals surface area contributed by atoms with Crippen LogP contribution in [0.5, 0.6) is 0 Å². The monoisotopic (exact) mass is 100 g/mol. The molecule has 1 rings (SSSR count). The molecule has 0 amide bonds. The summed E-state index contributed by atoms with van der Waals surface area (Å²) in [5.74, 6) is 0. The second kappa shape index (κ2) is 1.65. The van der Waals surface area contributed by atoms with E-state index in [-0.39, 0.29) is 6.73 Å². The SMILES string of the molecule is OCn1cnnn1. The number of tetrazole rings is 1. The zero-order valence-corrected chi connectivity index (χ0v) is 3.52. The first-order valence-electron chi connectivity index (χ1n) is 1.75. The summed E-state index contributed by atoms with van der Waals surface area (Å²) < 4.78 is 1.21. The lowest BCUT2D eigenvalue weighted by molar-refractivity contribution is 0.192. The molecule has 0 saturated carbocycles. The normalized spacial score (nSPS) is 9.29. The van der Waals surface area contributed by atoms with Crippen LogP contribution in [0, 0.1) is 0 Å². The topological polar surface area (TPSA) is 63.8 Å². The van der Waals surface area contributed by atoms with Gasteiger partial charge in [0.1, 0.15) is 13.1 Å². The van der Waals surface area contributed by atoms with Gasteiger partial charge in [-0.3, -0.25) is 0 Å². The molecular weight excluding hydrogens is 96.0 g/mol. The molecule has 1 aromatic rings. The van der Waals surface area contributed by atoms with Crippen LogP contribution in [-0.4, -0.2) is 25.3 Å². The molecule has 1 N–H and O–H groups in total. The molecule has 0 spiro atoms. The van der Waals surface area contributed by atoms with Gasteiger partial charge in [0.05, 0.1) is 0 Å². The number of aliphatic hydroxyl groups excluding tert-OH is 1. The molecule has 0 unspecified atom stereocenters. The number of aliphatic hydroxyl groups is 1. The van der Waals surface area contributed by atoms with Gasteiger partial charge in [0.15, 0.2) is 0 Å². The smallest absolute Gasteiger partial charge is 0.140 e. The molecule has 0 atom stereocenters. The van der Waals surface area contributed by atoms with Gasteiger partial charge in [-0.15, -0.1) is 5.10 Å². The highest BCUT2D eigenvalue weighted by Gasteiger charge is 1.81. The molecule has 5 nitrogen and oxygen atoms in total. The van der Waals surface area contributed by atoms with E-state index < -0.39 is 0 Å². The largest absolute Gasteiger partial charge is 0.374 e. The third-order valence-corrected chi connectivity index (χ3v) is 0.536. The lowest BCUT2D eigenvalue weighted by Crippen LogP contribution is -1.95. The van der Waals surface area contributed by atoms with Gasteiger partial charge in [-0.1, -0.05) is 0 Å². The zero-order chi connectivity index (χ0) is 5.11. The number of nitrogens with zero attached hydrogens (tertiary/aromatic N) is 4. The Morgan fingerprint density at radius 1 is 1.71 bits per heavy atom. The predicted octanol–water partition coefficient (Wildman–Crippen LogP) is -1.38. The molecule has 0 aliphatic rings. The fraction of sp³-hybridized carbons (Fsp3) is 0.500. The molecule has 7 heavy (non-hydrogen) atoms. The summed E-state index contributed by atoms with van der Waals surface area (Å²) in [6, 6.07) is 0. The van der Waals surface area contributed by atoms with Crippen molar-refractivity contribution in [1.29, 1.82) is 0 Å². The number of hydrogen-bond donors (Lipinski definition) is 1. The Hall–Kier alpha value is -0.970. The molecular formula is C2H4N4O. The summed E-state index contributed by atoms with van der Waals surface area (Å²) >= 11 is 0. The van der Waals surface area contributed by atoms with Crippen LogP contribution in [0.3, 0.4) is 0 Å². The van der Waals surface area contributed by atoms with Crippen molar-refractivity contribution in [3.63, 3.8) is 0 Å². The third kappa shape index (κ3) is 0.716. The molecule has 0 radical (unpaired) electrons. The van der Waals surface area contributed by atoms with Crippen LogP contribution in [0.1, 0.15) is 0 Å². The van der Waals surface area contributed by atoms with Crippen molar-refractivity contribution in [2.75, 3.05) is 0 Å². The van der Waals surface area contributed by atoms with Crippen molar-refractivity contribution in [1.82, 2.24) is 20.2 Å². The first kappa shape index (κ1) is 4.20. The molecule has 38 valence electrons. The maximum Gasteiger partial charge on any atom is 0.140 e. The molecule has 0 aromatic carbocycles. The zero-order valence-electron chi connectivity index (χ0n) is 3.52.